The molecule has 0 aliphatic heterocycles. The van der Waals surface area contributed by atoms with Gasteiger partial charge < -0.3 is 4.57 Å². The smallest absolute Gasteiger partial charge is 0.250 e. The van der Waals surface area contributed by atoms with Gasteiger partial charge >= 0.3 is 0 Å². The maximum absolute atomic E-state index is 11.4. The highest BCUT2D eigenvalue weighted by atomic mass is 35.5. The van der Waals surface area contributed by atoms with Crippen molar-refractivity contribution in [3.05, 3.63) is 63.8 Å². The van der Waals surface area contributed by atoms with Crippen molar-refractivity contribution in [3.63, 3.8) is 0 Å². The highest BCUT2D eigenvalue weighted by Crippen LogP contribution is 2.08. The molecule has 0 atom stereocenters. The van der Waals surface area contributed by atoms with E-state index in [1.54, 1.807) is 35.2 Å². The molecule has 0 radical (unpaired) electrons. The average Bonchev–Trinajstić information content (AvgIpc) is 2.22. The number of pyridine rings is 2. The molecule has 2 aromatic rings. The minimum atomic E-state index is -0.0423. The molecule has 0 spiro atoms. The van der Waals surface area contributed by atoms with E-state index in [1.165, 1.54) is 6.07 Å². The van der Waals surface area contributed by atoms with E-state index in [2.05, 4.69) is 4.98 Å². The van der Waals surface area contributed by atoms with Crippen LogP contribution in [0.4, 0.5) is 0 Å². The molecular weight excluding hydrogens is 212 g/mol. The molecule has 0 unspecified atom stereocenters. The second-order valence-electron chi connectivity index (χ2n) is 3.13. The van der Waals surface area contributed by atoms with E-state index in [1.807, 2.05) is 6.07 Å². The first kappa shape index (κ1) is 9.93. The van der Waals surface area contributed by atoms with Crippen LogP contribution in [-0.2, 0) is 6.54 Å². The third-order valence-electron chi connectivity index (χ3n) is 2.01. The molecule has 0 N–H and O–H groups in total. The Morgan fingerprint density at radius 2 is 2.20 bits per heavy atom. The van der Waals surface area contributed by atoms with Crippen LogP contribution in [0.2, 0.25) is 5.02 Å². The van der Waals surface area contributed by atoms with Crippen LogP contribution < -0.4 is 5.56 Å². The lowest BCUT2D eigenvalue weighted by atomic mass is 10.3. The summed E-state index contributed by atoms with van der Waals surface area (Å²) in [6.07, 6.45) is 3.36. The van der Waals surface area contributed by atoms with Crippen molar-refractivity contribution in [1.82, 2.24) is 9.55 Å². The average molecular weight is 221 g/mol. The number of hydrogen-bond donors (Lipinski definition) is 0. The topological polar surface area (TPSA) is 34.9 Å². The Hall–Kier alpha value is -1.61. The molecule has 0 amide bonds. The van der Waals surface area contributed by atoms with E-state index in [4.69, 9.17) is 11.6 Å². The van der Waals surface area contributed by atoms with Gasteiger partial charge in [0.1, 0.15) is 0 Å². The molecule has 2 heterocycles. The Morgan fingerprint density at radius 1 is 1.33 bits per heavy atom. The second kappa shape index (κ2) is 4.28. The summed E-state index contributed by atoms with van der Waals surface area (Å²) in [4.78, 5) is 15.5. The van der Waals surface area contributed by atoms with Crippen LogP contribution in [0.3, 0.4) is 0 Å². The van der Waals surface area contributed by atoms with Crippen LogP contribution in [0.1, 0.15) is 5.69 Å². The number of aromatic nitrogens is 2. The summed E-state index contributed by atoms with van der Waals surface area (Å²) in [6, 6.07) is 8.50. The van der Waals surface area contributed by atoms with Crippen LogP contribution in [0, 0.1) is 0 Å². The minimum absolute atomic E-state index is 0.0423. The summed E-state index contributed by atoms with van der Waals surface area (Å²) in [7, 11) is 0. The van der Waals surface area contributed by atoms with Gasteiger partial charge in [0, 0.05) is 23.5 Å². The van der Waals surface area contributed by atoms with Crippen molar-refractivity contribution in [1.29, 1.82) is 0 Å². The molecule has 2 rings (SSSR count). The number of nitrogens with zero attached hydrogens (tertiary/aromatic N) is 2. The van der Waals surface area contributed by atoms with Crippen LogP contribution in [0.25, 0.3) is 0 Å². The molecule has 0 aliphatic rings. The lowest BCUT2D eigenvalue weighted by Crippen LogP contribution is -2.18. The zero-order valence-electron chi connectivity index (χ0n) is 7.93. The van der Waals surface area contributed by atoms with Crippen molar-refractivity contribution in [3.8, 4) is 0 Å². The van der Waals surface area contributed by atoms with Crippen LogP contribution in [0.15, 0.2) is 47.5 Å². The standard InChI is InChI=1S/C11H9ClN2O/c12-9-4-5-13-10(7-9)8-14-6-2-1-3-11(14)15/h1-7H,8H2. The van der Waals surface area contributed by atoms with E-state index < -0.39 is 0 Å². The SMILES string of the molecule is O=c1ccccn1Cc1cc(Cl)ccn1. The molecule has 0 fully saturated rings. The number of hydrogen-bond acceptors (Lipinski definition) is 2. The normalized spacial score (nSPS) is 10.2. The van der Waals surface area contributed by atoms with Crippen molar-refractivity contribution < 1.29 is 0 Å². The second-order valence-corrected chi connectivity index (χ2v) is 3.57. The van der Waals surface area contributed by atoms with Crippen molar-refractivity contribution in [2.45, 2.75) is 6.54 Å². The Balaban J connectivity index is 2.30. The molecule has 0 aromatic carbocycles. The van der Waals surface area contributed by atoms with E-state index in [9.17, 15) is 4.79 Å². The highest BCUT2D eigenvalue weighted by Gasteiger charge is 1.98. The van der Waals surface area contributed by atoms with Crippen LogP contribution in [0.5, 0.6) is 0 Å². The first-order valence-corrected chi connectivity index (χ1v) is 4.89. The van der Waals surface area contributed by atoms with Gasteiger partial charge in [-0.05, 0) is 18.2 Å². The van der Waals surface area contributed by atoms with Gasteiger partial charge in [-0.25, -0.2) is 0 Å². The molecule has 76 valence electrons. The molecule has 0 aliphatic carbocycles. The summed E-state index contributed by atoms with van der Waals surface area (Å²) >= 11 is 5.82. The molecule has 0 saturated carbocycles. The fourth-order valence-electron chi connectivity index (χ4n) is 1.30. The van der Waals surface area contributed by atoms with E-state index in [0.717, 1.165) is 5.69 Å². The van der Waals surface area contributed by atoms with Gasteiger partial charge in [-0.3, -0.25) is 9.78 Å². The van der Waals surface area contributed by atoms with Crippen molar-refractivity contribution in [2.24, 2.45) is 0 Å². The largest absolute Gasteiger partial charge is 0.310 e. The first-order chi connectivity index (χ1) is 7.25. The number of rotatable bonds is 2. The summed E-state index contributed by atoms with van der Waals surface area (Å²) in [5.74, 6) is 0. The molecule has 2 aromatic heterocycles. The van der Waals surface area contributed by atoms with Crippen LogP contribution >= 0.6 is 11.6 Å². The maximum atomic E-state index is 11.4. The van der Waals surface area contributed by atoms with E-state index in [0.29, 0.717) is 11.6 Å². The fraction of sp³-hybridized carbons (Fsp3) is 0.0909. The molecule has 0 bridgehead atoms. The lowest BCUT2D eigenvalue weighted by molar-refractivity contribution is 0.739. The van der Waals surface area contributed by atoms with Crippen molar-refractivity contribution >= 4 is 11.6 Å². The summed E-state index contributed by atoms with van der Waals surface area (Å²) in [5, 5.41) is 0.629. The van der Waals surface area contributed by atoms with Gasteiger partial charge in [0.15, 0.2) is 0 Å². The monoisotopic (exact) mass is 220 g/mol. The molecule has 15 heavy (non-hydrogen) atoms. The zero-order valence-corrected chi connectivity index (χ0v) is 8.69. The summed E-state index contributed by atoms with van der Waals surface area (Å²) < 4.78 is 1.58. The van der Waals surface area contributed by atoms with Crippen molar-refractivity contribution in [2.75, 3.05) is 0 Å². The van der Waals surface area contributed by atoms with E-state index in [-0.39, 0.29) is 5.56 Å². The van der Waals surface area contributed by atoms with Gasteiger partial charge in [0.2, 0.25) is 0 Å². The lowest BCUT2D eigenvalue weighted by Gasteiger charge is -2.04. The summed E-state index contributed by atoms with van der Waals surface area (Å²) in [6.45, 7) is 0.445. The summed E-state index contributed by atoms with van der Waals surface area (Å²) in [5.41, 5.74) is 0.732. The highest BCUT2D eigenvalue weighted by molar-refractivity contribution is 6.30. The quantitative estimate of drug-likeness (QED) is 0.776. The van der Waals surface area contributed by atoms with Gasteiger partial charge in [-0.1, -0.05) is 17.7 Å². The molecule has 3 nitrogen and oxygen atoms in total. The Labute approximate surface area is 92.0 Å². The molecule has 0 saturated heterocycles. The van der Waals surface area contributed by atoms with E-state index >= 15 is 0 Å². The van der Waals surface area contributed by atoms with Crippen LogP contribution in [-0.4, -0.2) is 9.55 Å². The van der Waals surface area contributed by atoms with Gasteiger partial charge in [-0.15, -0.1) is 0 Å². The minimum Gasteiger partial charge on any atom is -0.310 e. The first-order valence-electron chi connectivity index (χ1n) is 4.51. The predicted octanol–water partition coefficient (Wildman–Crippen LogP) is 1.94. The molecular formula is C11H9ClN2O. The third-order valence-corrected chi connectivity index (χ3v) is 2.25. The fourth-order valence-corrected chi connectivity index (χ4v) is 1.48. The maximum Gasteiger partial charge on any atom is 0.250 e. The predicted molar refractivity (Wildman–Crippen MR) is 59.1 cm³/mol. The zero-order chi connectivity index (χ0) is 10.7. The Bertz CT molecular complexity index is 522. The Morgan fingerprint density at radius 3 is 2.93 bits per heavy atom. The van der Waals surface area contributed by atoms with Gasteiger partial charge in [0.05, 0.1) is 12.2 Å². The number of halogens is 1. The Kier molecular flexibility index (Phi) is 2.83. The van der Waals surface area contributed by atoms with Gasteiger partial charge in [0.25, 0.3) is 5.56 Å². The van der Waals surface area contributed by atoms with Gasteiger partial charge in [-0.2, -0.15) is 0 Å². The third kappa shape index (κ3) is 2.44. The molecule has 4 heteroatoms.